The second-order valence-corrected chi connectivity index (χ2v) is 7.31. The van der Waals surface area contributed by atoms with Crippen LogP contribution in [0.4, 0.5) is 0 Å². The summed E-state index contributed by atoms with van der Waals surface area (Å²) in [7, 11) is 0. The van der Waals surface area contributed by atoms with Crippen LogP contribution in [0.25, 0.3) is 0 Å². The summed E-state index contributed by atoms with van der Waals surface area (Å²) in [6, 6.07) is 19.4. The molecule has 0 unspecified atom stereocenters. The Morgan fingerprint density at radius 3 is 2.12 bits per heavy atom. The van der Waals surface area contributed by atoms with Crippen molar-refractivity contribution in [2.24, 2.45) is 0 Å². The van der Waals surface area contributed by atoms with Crippen molar-refractivity contribution in [2.45, 2.75) is 26.4 Å². The Morgan fingerprint density at radius 2 is 1.42 bits per heavy atom. The second-order valence-electron chi connectivity index (χ2n) is 7.31. The van der Waals surface area contributed by atoms with E-state index in [9.17, 15) is 0 Å². The fraction of sp³-hybridized carbons (Fsp3) is 0.478. The van der Waals surface area contributed by atoms with E-state index in [1.807, 2.05) is 0 Å². The number of ether oxygens (including phenoxy) is 1. The van der Waals surface area contributed by atoms with Crippen LogP contribution in [0.2, 0.25) is 0 Å². The molecule has 0 amide bonds. The molecule has 26 heavy (non-hydrogen) atoms. The number of rotatable bonds is 9. The van der Waals surface area contributed by atoms with Gasteiger partial charge in [-0.25, -0.2) is 0 Å². The second kappa shape index (κ2) is 10.5. The van der Waals surface area contributed by atoms with Crippen LogP contribution >= 0.6 is 0 Å². The molecular weight excluding hydrogens is 320 g/mol. The Morgan fingerprint density at radius 1 is 0.769 bits per heavy atom. The monoisotopic (exact) mass is 352 g/mol. The fourth-order valence-electron chi connectivity index (χ4n) is 3.46. The van der Waals surface area contributed by atoms with Gasteiger partial charge in [0, 0.05) is 32.7 Å². The normalized spacial score (nSPS) is 16.0. The Balaban J connectivity index is 1.24. The van der Waals surface area contributed by atoms with E-state index >= 15 is 0 Å². The minimum atomic E-state index is 0.722. The Hall–Kier alpha value is -1.68. The molecule has 0 N–H and O–H groups in total. The molecular formula is C23H32N2O. The molecule has 3 nitrogen and oxygen atoms in total. The Kier molecular flexibility index (Phi) is 7.68. The Bertz CT molecular complexity index is 618. The van der Waals surface area contributed by atoms with Crippen LogP contribution in [0.5, 0.6) is 0 Å². The van der Waals surface area contributed by atoms with Crippen LogP contribution in [-0.2, 0) is 17.8 Å². The summed E-state index contributed by atoms with van der Waals surface area (Å²) in [5, 5.41) is 0. The summed E-state index contributed by atoms with van der Waals surface area (Å²) in [6.07, 6.45) is 2.44. The number of benzene rings is 2. The molecule has 0 bridgehead atoms. The Labute approximate surface area is 158 Å². The van der Waals surface area contributed by atoms with E-state index in [1.165, 1.54) is 62.3 Å². The molecule has 0 radical (unpaired) electrons. The summed E-state index contributed by atoms with van der Waals surface area (Å²) < 4.78 is 5.85. The van der Waals surface area contributed by atoms with Crippen LogP contribution in [-0.4, -0.2) is 55.7 Å². The lowest BCUT2D eigenvalue weighted by Gasteiger charge is -2.34. The van der Waals surface area contributed by atoms with Gasteiger partial charge in [0.25, 0.3) is 0 Å². The largest absolute Gasteiger partial charge is 0.375 e. The molecule has 140 valence electrons. The summed E-state index contributed by atoms with van der Waals surface area (Å²) in [6.45, 7) is 10.6. The number of piperazine rings is 1. The zero-order chi connectivity index (χ0) is 18.0. The van der Waals surface area contributed by atoms with Crippen LogP contribution in [0.15, 0.2) is 54.6 Å². The summed E-state index contributed by atoms with van der Waals surface area (Å²) in [5.74, 6) is 0. The van der Waals surface area contributed by atoms with Gasteiger partial charge >= 0.3 is 0 Å². The molecule has 1 aliphatic heterocycles. The van der Waals surface area contributed by atoms with Crippen molar-refractivity contribution in [3.05, 3.63) is 71.3 Å². The van der Waals surface area contributed by atoms with E-state index in [0.717, 1.165) is 19.8 Å². The van der Waals surface area contributed by atoms with Gasteiger partial charge in [0.15, 0.2) is 0 Å². The maximum Gasteiger partial charge on any atom is 0.0717 e. The minimum absolute atomic E-state index is 0.722. The third-order valence-corrected chi connectivity index (χ3v) is 5.19. The molecule has 0 atom stereocenters. The highest BCUT2D eigenvalue weighted by molar-refractivity contribution is 5.20. The molecule has 1 fully saturated rings. The first-order valence-corrected chi connectivity index (χ1v) is 9.91. The third kappa shape index (κ3) is 6.56. The molecule has 3 rings (SSSR count). The SMILES string of the molecule is Cc1ccc(COCCN2CCN(CCCc3ccccc3)CC2)cc1. The first kappa shape index (κ1) is 19.1. The standard InChI is InChI=1S/C23H32N2O/c1-21-9-11-23(12-10-21)20-26-19-18-25-16-14-24(15-17-25)13-5-8-22-6-3-2-4-7-22/h2-4,6-7,9-12H,5,8,13-20H2,1H3. The summed E-state index contributed by atoms with van der Waals surface area (Å²) >= 11 is 0. The van der Waals surface area contributed by atoms with E-state index < -0.39 is 0 Å². The van der Waals surface area contributed by atoms with Crippen molar-refractivity contribution in [2.75, 3.05) is 45.9 Å². The van der Waals surface area contributed by atoms with Gasteiger partial charge in [0.05, 0.1) is 13.2 Å². The zero-order valence-corrected chi connectivity index (χ0v) is 16.1. The molecule has 1 heterocycles. The van der Waals surface area contributed by atoms with Crippen molar-refractivity contribution >= 4 is 0 Å². The average Bonchev–Trinajstić information content (AvgIpc) is 2.69. The zero-order valence-electron chi connectivity index (χ0n) is 16.1. The topological polar surface area (TPSA) is 15.7 Å². The molecule has 1 saturated heterocycles. The summed E-state index contributed by atoms with van der Waals surface area (Å²) in [4.78, 5) is 5.13. The van der Waals surface area contributed by atoms with E-state index in [1.54, 1.807) is 0 Å². The van der Waals surface area contributed by atoms with Crippen molar-refractivity contribution < 1.29 is 4.74 Å². The third-order valence-electron chi connectivity index (χ3n) is 5.19. The first-order valence-electron chi connectivity index (χ1n) is 9.91. The molecule has 0 saturated carbocycles. The van der Waals surface area contributed by atoms with Gasteiger partial charge < -0.3 is 9.64 Å². The molecule has 0 aliphatic carbocycles. The molecule has 2 aromatic rings. The number of hydrogen-bond acceptors (Lipinski definition) is 3. The van der Waals surface area contributed by atoms with Gasteiger partial charge in [0.1, 0.15) is 0 Å². The molecule has 1 aliphatic rings. The molecule has 0 spiro atoms. The maximum atomic E-state index is 5.85. The molecule has 0 aromatic heterocycles. The van der Waals surface area contributed by atoms with E-state index in [0.29, 0.717) is 0 Å². The van der Waals surface area contributed by atoms with Gasteiger partial charge in [-0.3, -0.25) is 4.90 Å². The highest BCUT2D eigenvalue weighted by atomic mass is 16.5. The van der Waals surface area contributed by atoms with Gasteiger partial charge in [-0.15, -0.1) is 0 Å². The quantitative estimate of drug-likeness (QED) is 0.639. The predicted octanol–water partition coefficient (Wildman–Crippen LogP) is 3.76. The summed E-state index contributed by atoms with van der Waals surface area (Å²) in [5.41, 5.74) is 4.02. The lowest BCUT2D eigenvalue weighted by atomic mass is 10.1. The number of aryl methyl sites for hydroxylation is 2. The van der Waals surface area contributed by atoms with Gasteiger partial charge in [0.2, 0.25) is 0 Å². The highest BCUT2D eigenvalue weighted by Gasteiger charge is 2.15. The van der Waals surface area contributed by atoms with Crippen molar-refractivity contribution in [3.63, 3.8) is 0 Å². The molecule has 2 aromatic carbocycles. The fourth-order valence-corrected chi connectivity index (χ4v) is 3.46. The number of nitrogens with zero attached hydrogens (tertiary/aromatic N) is 2. The molecule has 3 heteroatoms. The van der Waals surface area contributed by atoms with E-state index in [-0.39, 0.29) is 0 Å². The smallest absolute Gasteiger partial charge is 0.0717 e. The number of hydrogen-bond donors (Lipinski definition) is 0. The van der Waals surface area contributed by atoms with Crippen LogP contribution in [0.3, 0.4) is 0 Å². The minimum Gasteiger partial charge on any atom is -0.375 e. The van der Waals surface area contributed by atoms with Gasteiger partial charge in [-0.05, 0) is 37.4 Å². The van der Waals surface area contributed by atoms with Crippen molar-refractivity contribution in [3.8, 4) is 0 Å². The lowest BCUT2D eigenvalue weighted by Crippen LogP contribution is -2.47. The van der Waals surface area contributed by atoms with Crippen LogP contribution in [0, 0.1) is 6.92 Å². The predicted molar refractivity (Wildman–Crippen MR) is 108 cm³/mol. The first-order chi connectivity index (χ1) is 12.8. The maximum absolute atomic E-state index is 5.85. The lowest BCUT2D eigenvalue weighted by molar-refractivity contribution is 0.0682. The van der Waals surface area contributed by atoms with E-state index in [2.05, 4.69) is 71.3 Å². The van der Waals surface area contributed by atoms with Gasteiger partial charge in [-0.1, -0.05) is 60.2 Å². The van der Waals surface area contributed by atoms with Crippen molar-refractivity contribution in [1.82, 2.24) is 9.80 Å². The van der Waals surface area contributed by atoms with Crippen LogP contribution < -0.4 is 0 Å². The van der Waals surface area contributed by atoms with Gasteiger partial charge in [-0.2, -0.15) is 0 Å². The van der Waals surface area contributed by atoms with Crippen molar-refractivity contribution in [1.29, 1.82) is 0 Å². The average molecular weight is 353 g/mol. The van der Waals surface area contributed by atoms with Crippen LogP contribution in [0.1, 0.15) is 23.1 Å². The highest BCUT2D eigenvalue weighted by Crippen LogP contribution is 2.07. The van der Waals surface area contributed by atoms with E-state index in [4.69, 9.17) is 4.74 Å².